The Morgan fingerprint density at radius 3 is 2.78 bits per heavy atom. The number of hydrogen-bond acceptors (Lipinski definition) is 4. The van der Waals surface area contributed by atoms with Gasteiger partial charge in [-0.25, -0.2) is 4.79 Å². The fourth-order valence-electron chi connectivity index (χ4n) is 0.247. The SMILES string of the molecule is CCCOC(=O)N(O)S. The van der Waals surface area contributed by atoms with Crippen molar-refractivity contribution >= 4 is 18.9 Å². The van der Waals surface area contributed by atoms with Gasteiger partial charge < -0.3 is 4.74 Å². The number of amides is 1. The van der Waals surface area contributed by atoms with Gasteiger partial charge in [0.15, 0.2) is 0 Å². The molecule has 4 nitrogen and oxygen atoms in total. The fraction of sp³-hybridized carbons (Fsp3) is 0.750. The second-order valence-electron chi connectivity index (χ2n) is 1.40. The van der Waals surface area contributed by atoms with E-state index in [9.17, 15) is 4.79 Å². The first kappa shape index (κ1) is 8.58. The molecule has 1 N–H and O–H groups in total. The number of rotatable bonds is 2. The summed E-state index contributed by atoms with van der Waals surface area (Å²) in [5, 5.41) is 8.27. The molecule has 0 aliphatic carbocycles. The predicted molar refractivity (Wildman–Crippen MR) is 34.3 cm³/mol. The lowest BCUT2D eigenvalue weighted by molar-refractivity contribution is 0.00854. The Kier molecular flexibility index (Phi) is 4.25. The van der Waals surface area contributed by atoms with Gasteiger partial charge in [-0.1, -0.05) is 6.92 Å². The molecule has 0 radical (unpaired) electrons. The highest BCUT2D eigenvalue weighted by atomic mass is 32.1. The number of thiol groups is 1. The van der Waals surface area contributed by atoms with E-state index in [4.69, 9.17) is 5.21 Å². The molecule has 1 amide bonds. The Morgan fingerprint density at radius 2 is 2.44 bits per heavy atom. The van der Waals surface area contributed by atoms with E-state index < -0.39 is 6.09 Å². The summed E-state index contributed by atoms with van der Waals surface area (Å²) in [6, 6.07) is 0. The van der Waals surface area contributed by atoms with Crippen molar-refractivity contribution in [1.82, 2.24) is 4.47 Å². The van der Waals surface area contributed by atoms with Gasteiger partial charge in [0.2, 0.25) is 0 Å². The van der Waals surface area contributed by atoms with Crippen LogP contribution < -0.4 is 0 Å². The van der Waals surface area contributed by atoms with E-state index in [0.29, 0.717) is 6.61 Å². The maximum atomic E-state index is 10.3. The Labute approximate surface area is 58.9 Å². The van der Waals surface area contributed by atoms with Gasteiger partial charge in [-0.15, -0.1) is 4.47 Å². The molecule has 0 fully saturated rings. The molecule has 0 spiro atoms. The van der Waals surface area contributed by atoms with E-state index in [0.717, 1.165) is 6.42 Å². The van der Waals surface area contributed by atoms with E-state index in [1.54, 1.807) is 0 Å². The molecule has 5 heteroatoms. The zero-order valence-electron chi connectivity index (χ0n) is 5.07. The molecule has 0 rings (SSSR count). The van der Waals surface area contributed by atoms with Crippen LogP contribution in [0.1, 0.15) is 13.3 Å². The monoisotopic (exact) mass is 151 g/mol. The van der Waals surface area contributed by atoms with E-state index in [1.807, 2.05) is 6.92 Å². The van der Waals surface area contributed by atoms with Crippen LogP contribution in [0, 0.1) is 0 Å². The van der Waals surface area contributed by atoms with Crippen LogP contribution in [-0.4, -0.2) is 22.4 Å². The summed E-state index contributed by atoms with van der Waals surface area (Å²) in [6.45, 7) is 2.16. The van der Waals surface area contributed by atoms with Crippen LogP contribution in [0.15, 0.2) is 0 Å². The number of ether oxygens (including phenoxy) is 1. The topological polar surface area (TPSA) is 49.8 Å². The van der Waals surface area contributed by atoms with Crippen LogP contribution in [0.2, 0.25) is 0 Å². The fourth-order valence-corrected chi connectivity index (χ4v) is 0.305. The van der Waals surface area contributed by atoms with Crippen LogP contribution in [-0.2, 0) is 4.74 Å². The van der Waals surface area contributed by atoms with Crippen molar-refractivity contribution < 1.29 is 14.7 Å². The summed E-state index contributed by atoms with van der Waals surface area (Å²) >= 11 is 3.28. The molecule has 9 heavy (non-hydrogen) atoms. The van der Waals surface area contributed by atoms with Crippen molar-refractivity contribution in [3.8, 4) is 0 Å². The van der Waals surface area contributed by atoms with Crippen molar-refractivity contribution in [3.05, 3.63) is 0 Å². The molecule has 0 bridgehead atoms. The molecule has 0 saturated carbocycles. The third-order valence-corrected chi connectivity index (χ3v) is 0.756. The van der Waals surface area contributed by atoms with E-state index in [1.165, 1.54) is 0 Å². The lowest BCUT2D eigenvalue weighted by Crippen LogP contribution is -2.18. The summed E-state index contributed by atoms with van der Waals surface area (Å²) in [7, 11) is 0. The van der Waals surface area contributed by atoms with Crippen LogP contribution in [0.25, 0.3) is 0 Å². The van der Waals surface area contributed by atoms with Crippen molar-refractivity contribution in [1.29, 1.82) is 0 Å². The van der Waals surface area contributed by atoms with Gasteiger partial charge in [-0.2, -0.15) is 0 Å². The van der Waals surface area contributed by atoms with Crippen molar-refractivity contribution in [2.45, 2.75) is 13.3 Å². The molecular formula is C4H9NO3S. The second kappa shape index (κ2) is 4.46. The number of carbonyl (C=O) groups excluding carboxylic acids is 1. The van der Waals surface area contributed by atoms with E-state index in [2.05, 4.69) is 17.6 Å². The largest absolute Gasteiger partial charge is 0.447 e. The number of carbonyl (C=O) groups is 1. The number of hydroxylamine groups is 1. The molecule has 0 heterocycles. The van der Waals surface area contributed by atoms with Gasteiger partial charge >= 0.3 is 6.09 Å². The van der Waals surface area contributed by atoms with E-state index in [-0.39, 0.29) is 4.47 Å². The summed E-state index contributed by atoms with van der Waals surface area (Å²) in [5.74, 6) is 0. The predicted octanol–water partition coefficient (Wildman–Crippen LogP) is 1.07. The minimum absolute atomic E-state index is 0.107. The third kappa shape index (κ3) is 4.11. The summed E-state index contributed by atoms with van der Waals surface area (Å²) in [6.07, 6.45) is -0.118. The van der Waals surface area contributed by atoms with Gasteiger partial charge in [0.25, 0.3) is 0 Å². The Hall–Kier alpha value is -0.420. The molecule has 0 atom stereocenters. The number of nitrogens with zero attached hydrogens (tertiary/aromatic N) is 1. The van der Waals surface area contributed by atoms with Gasteiger partial charge in [0.1, 0.15) is 0 Å². The van der Waals surface area contributed by atoms with Crippen LogP contribution >= 0.6 is 12.8 Å². The lowest BCUT2D eigenvalue weighted by atomic mass is 10.5. The summed E-state index contributed by atoms with van der Waals surface area (Å²) in [5.41, 5.74) is 0. The summed E-state index contributed by atoms with van der Waals surface area (Å²) in [4.78, 5) is 10.3. The number of hydrogen-bond donors (Lipinski definition) is 2. The first-order chi connectivity index (χ1) is 4.18. The maximum Gasteiger partial charge on any atom is 0.444 e. The zero-order chi connectivity index (χ0) is 7.28. The first-order valence-electron chi connectivity index (χ1n) is 2.53. The molecule has 0 aromatic carbocycles. The molecule has 0 aromatic rings. The highest BCUT2D eigenvalue weighted by Crippen LogP contribution is 1.92. The quantitative estimate of drug-likeness (QED) is 0.352. The summed E-state index contributed by atoms with van der Waals surface area (Å²) < 4.78 is 4.52. The zero-order valence-corrected chi connectivity index (χ0v) is 5.97. The molecule has 0 aliphatic rings. The second-order valence-corrected chi connectivity index (χ2v) is 1.78. The van der Waals surface area contributed by atoms with Crippen molar-refractivity contribution in [2.75, 3.05) is 6.61 Å². The Morgan fingerprint density at radius 1 is 1.89 bits per heavy atom. The maximum absolute atomic E-state index is 10.3. The molecule has 54 valence electrons. The molecule has 0 aromatic heterocycles. The highest BCUT2D eigenvalue weighted by Gasteiger charge is 2.04. The average molecular weight is 151 g/mol. The van der Waals surface area contributed by atoms with Crippen molar-refractivity contribution in [2.24, 2.45) is 0 Å². The Bertz CT molecular complexity index is 95.8. The van der Waals surface area contributed by atoms with Crippen LogP contribution in [0.3, 0.4) is 0 Å². The lowest BCUT2D eigenvalue weighted by Gasteiger charge is -2.05. The first-order valence-corrected chi connectivity index (χ1v) is 2.93. The standard InChI is InChI=1S/C4H9NO3S/c1-2-3-8-4(6)5(7)9/h7,9H,2-3H2,1H3. The Balaban J connectivity index is 3.28. The van der Waals surface area contributed by atoms with Gasteiger partial charge in [-0.05, 0) is 19.2 Å². The molecule has 0 saturated heterocycles. The minimum atomic E-state index is -0.847. The smallest absolute Gasteiger partial charge is 0.444 e. The van der Waals surface area contributed by atoms with Gasteiger partial charge in [0.05, 0.1) is 6.61 Å². The average Bonchev–Trinajstić information content (AvgIpc) is 1.82. The van der Waals surface area contributed by atoms with Gasteiger partial charge in [0, 0.05) is 0 Å². The molecule has 0 aliphatic heterocycles. The van der Waals surface area contributed by atoms with E-state index >= 15 is 0 Å². The third-order valence-electron chi connectivity index (χ3n) is 0.593. The van der Waals surface area contributed by atoms with Gasteiger partial charge in [-0.3, -0.25) is 5.21 Å². The van der Waals surface area contributed by atoms with Crippen LogP contribution in [0.5, 0.6) is 0 Å². The molecule has 0 unspecified atom stereocenters. The highest BCUT2D eigenvalue weighted by molar-refractivity contribution is 7.78. The normalized spacial score (nSPS) is 8.78. The molecular weight excluding hydrogens is 142 g/mol. The van der Waals surface area contributed by atoms with Crippen molar-refractivity contribution in [3.63, 3.8) is 0 Å². The minimum Gasteiger partial charge on any atom is -0.447 e. The van der Waals surface area contributed by atoms with Crippen LogP contribution in [0.4, 0.5) is 4.79 Å².